The first-order valence-electron chi connectivity index (χ1n) is 8.29. The van der Waals surface area contributed by atoms with Gasteiger partial charge in [-0.25, -0.2) is 0 Å². The van der Waals surface area contributed by atoms with Gasteiger partial charge in [0.25, 0.3) is 5.69 Å². The number of thiazole rings is 1. The van der Waals surface area contributed by atoms with Gasteiger partial charge in [-0.1, -0.05) is 24.7 Å². The molecule has 1 aromatic heterocycles. The number of non-ortho nitro benzene ring substituents is 1. The van der Waals surface area contributed by atoms with Crippen LogP contribution >= 0.6 is 11.3 Å². The molecular formula is C17H21N3O3S. The number of nitro groups is 1. The largest absolute Gasteiger partial charge is 0.312 e. The molecule has 1 saturated heterocycles. The minimum absolute atomic E-state index is 0.0555. The Bertz CT molecular complexity index is 766. The lowest BCUT2D eigenvalue weighted by Crippen LogP contribution is -2.38. The van der Waals surface area contributed by atoms with Crippen LogP contribution in [0, 0.1) is 10.1 Å². The van der Waals surface area contributed by atoms with Gasteiger partial charge >= 0.3 is 4.87 Å². The van der Waals surface area contributed by atoms with E-state index < -0.39 is 4.92 Å². The van der Waals surface area contributed by atoms with Crippen molar-refractivity contribution in [3.8, 4) is 11.3 Å². The molecule has 1 atom stereocenters. The number of H-pyrrole nitrogens is 1. The summed E-state index contributed by atoms with van der Waals surface area (Å²) in [5.41, 5.74) is 1.67. The summed E-state index contributed by atoms with van der Waals surface area (Å²) in [4.78, 5) is 28.5. The normalized spacial score (nSPS) is 18.6. The molecule has 6 nitrogen and oxygen atoms in total. The molecule has 1 fully saturated rings. The zero-order chi connectivity index (χ0) is 17.1. The molecule has 0 amide bonds. The van der Waals surface area contributed by atoms with Crippen molar-refractivity contribution < 1.29 is 4.92 Å². The van der Waals surface area contributed by atoms with Gasteiger partial charge in [0.2, 0.25) is 0 Å². The van der Waals surface area contributed by atoms with Crippen LogP contribution < -0.4 is 4.87 Å². The highest BCUT2D eigenvalue weighted by Crippen LogP contribution is 2.29. The molecule has 2 heterocycles. The van der Waals surface area contributed by atoms with Crippen LogP contribution in [0.3, 0.4) is 0 Å². The minimum Gasteiger partial charge on any atom is -0.312 e. The molecule has 24 heavy (non-hydrogen) atoms. The molecule has 0 bridgehead atoms. The molecule has 1 N–H and O–H groups in total. The Kier molecular flexibility index (Phi) is 5.11. The van der Waals surface area contributed by atoms with Crippen LogP contribution in [-0.4, -0.2) is 27.4 Å². The highest BCUT2D eigenvalue weighted by molar-refractivity contribution is 7.09. The van der Waals surface area contributed by atoms with Gasteiger partial charge in [0.05, 0.1) is 10.6 Å². The smallest absolute Gasteiger partial charge is 0.305 e. The van der Waals surface area contributed by atoms with E-state index >= 15 is 0 Å². The van der Waals surface area contributed by atoms with Crippen molar-refractivity contribution in [2.24, 2.45) is 0 Å². The molecule has 0 saturated carbocycles. The fourth-order valence-electron chi connectivity index (χ4n) is 3.37. The summed E-state index contributed by atoms with van der Waals surface area (Å²) < 4.78 is 0. The lowest BCUT2D eigenvalue weighted by molar-refractivity contribution is -0.384. The van der Waals surface area contributed by atoms with Crippen molar-refractivity contribution in [2.75, 3.05) is 6.54 Å². The summed E-state index contributed by atoms with van der Waals surface area (Å²) in [6, 6.07) is 6.93. The SMILES string of the molecule is CCC1CCCCN1Cc1sc(=O)[nH]c1-c1ccc([N+](=O)[O-])cc1. The van der Waals surface area contributed by atoms with E-state index in [0.29, 0.717) is 6.04 Å². The first-order chi connectivity index (χ1) is 11.6. The lowest BCUT2D eigenvalue weighted by atomic mass is 9.99. The summed E-state index contributed by atoms with van der Waals surface area (Å²) in [5, 5.41) is 10.8. The number of hydrogen-bond donors (Lipinski definition) is 1. The number of hydrogen-bond acceptors (Lipinski definition) is 5. The number of rotatable bonds is 5. The summed E-state index contributed by atoms with van der Waals surface area (Å²) in [6.07, 6.45) is 4.80. The third kappa shape index (κ3) is 3.57. The van der Waals surface area contributed by atoms with Gasteiger partial charge in [-0.05, 0) is 43.5 Å². The number of nitrogens with zero attached hydrogens (tertiary/aromatic N) is 2. The van der Waals surface area contributed by atoms with Crippen LogP contribution in [0.2, 0.25) is 0 Å². The first kappa shape index (κ1) is 16.9. The average Bonchev–Trinajstić information content (AvgIpc) is 2.96. The molecule has 0 aliphatic carbocycles. The van der Waals surface area contributed by atoms with Gasteiger partial charge in [0, 0.05) is 29.6 Å². The van der Waals surface area contributed by atoms with E-state index in [0.717, 1.165) is 35.6 Å². The van der Waals surface area contributed by atoms with Crippen LogP contribution in [0.1, 0.15) is 37.5 Å². The van der Waals surface area contributed by atoms with E-state index in [2.05, 4.69) is 16.8 Å². The molecule has 2 aromatic rings. The monoisotopic (exact) mass is 347 g/mol. The van der Waals surface area contributed by atoms with Crippen molar-refractivity contribution in [2.45, 2.75) is 45.2 Å². The van der Waals surface area contributed by atoms with E-state index in [1.54, 1.807) is 12.1 Å². The molecule has 0 spiro atoms. The second-order valence-electron chi connectivity index (χ2n) is 6.15. The number of piperidine rings is 1. The van der Waals surface area contributed by atoms with Gasteiger partial charge in [-0.3, -0.25) is 19.8 Å². The summed E-state index contributed by atoms with van der Waals surface area (Å²) in [7, 11) is 0. The van der Waals surface area contributed by atoms with Crippen LogP contribution in [0.4, 0.5) is 5.69 Å². The summed E-state index contributed by atoms with van der Waals surface area (Å²) in [6.45, 7) is 4.03. The maximum atomic E-state index is 11.9. The number of aromatic nitrogens is 1. The Hall–Kier alpha value is -1.99. The quantitative estimate of drug-likeness (QED) is 0.659. The van der Waals surface area contributed by atoms with E-state index in [1.165, 1.54) is 42.7 Å². The zero-order valence-electron chi connectivity index (χ0n) is 13.7. The van der Waals surface area contributed by atoms with Gasteiger partial charge in [0.15, 0.2) is 0 Å². The maximum absolute atomic E-state index is 11.9. The standard InChI is InChI=1S/C17H21N3O3S/c1-2-13-5-3-4-10-19(13)11-15-16(18-17(21)24-15)12-6-8-14(9-7-12)20(22)23/h6-9,13H,2-5,10-11H2,1H3,(H,18,21). The van der Waals surface area contributed by atoms with E-state index in [-0.39, 0.29) is 10.6 Å². The summed E-state index contributed by atoms with van der Waals surface area (Å²) >= 11 is 1.24. The minimum atomic E-state index is -0.416. The predicted molar refractivity (Wildman–Crippen MR) is 95.4 cm³/mol. The Morgan fingerprint density at radius 2 is 2.08 bits per heavy atom. The molecule has 128 valence electrons. The van der Waals surface area contributed by atoms with Crippen molar-refractivity contribution in [3.05, 3.63) is 48.9 Å². The van der Waals surface area contributed by atoms with Gasteiger partial charge in [-0.2, -0.15) is 0 Å². The number of aromatic amines is 1. The summed E-state index contributed by atoms with van der Waals surface area (Å²) in [5.74, 6) is 0. The maximum Gasteiger partial charge on any atom is 0.305 e. The molecule has 1 aromatic carbocycles. The number of likely N-dealkylation sites (tertiary alicyclic amines) is 1. The van der Waals surface area contributed by atoms with E-state index in [9.17, 15) is 14.9 Å². The second kappa shape index (κ2) is 7.27. The van der Waals surface area contributed by atoms with E-state index in [4.69, 9.17) is 0 Å². The highest BCUT2D eigenvalue weighted by Gasteiger charge is 2.23. The third-order valence-corrected chi connectivity index (χ3v) is 5.52. The zero-order valence-corrected chi connectivity index (χ0v) is 14.5. The molecule has 1 aliphatic rings. The third-order valence-electron chi connectivity index (χ3n) is 4.66. The fourth-order valence-corrected chi connectivity index (χ4v) is 4.25. The van der Waals surface area contributed by atoms with Crippen LogP contribution in [0.15, 0.2) is 29.1 Å². The Morgan fingerprint density at radius 3 is 2.75 bits per heavy atom. The number of nitrogens with one attached hydrogen (secondary N) is 1. The molecule has 1 unspecified atom stereocenters. The Morgan fingerprint density at radius 1 is 1.33 bits per heavy atom. The fraction of sp³-hybridized carbons (Fsp3) is 0.471. The molecule has 7 heteroatoms. The number of nitro benzene ring substituents is 1. The molecule has 1 aliphatic heterocycles. The highest BCUT2D eigenvalue weighted by atomic mass is 32.1. The van der Waals surface area contributed by atoms with Crippen LogP contribution in [0.25, 0.3) is 11.3 Å². The van der Waals surface area contributed by atoms with Crippen molar-refractivity contribution >= 4 is 17.0 Å². The molecule has 3 rings (SSSR count). The average molecular weight is 347 g/mol. The van der Waals surface area contributed by atoms with Crippen molar-refractivity contribution in [1.82, 2.24) is 9.88 Å². The van der Waals surface area contributed by atoms with Gasteiger partial charge in [-0.15, -0.1) is 0 Å². The second-order valence-corrected chi connectivity index (χ2v) is 7.21. The molecule has 0 radical (unpaired) electrons. The van der Waals surface area contributed by atoms with Gasteiger partial charge in [0.1, 0.15) is 0 Å². The Balaban J connectivity index is 1.87. The predicted octanol–water partition coefficient (Wildman–Crippen LogP) is 3.78. The van der Waals surface area contributed by atoms with Gasteiger partial charge < -0.3 is 4.98 Å². The Labute approximate surface area is 144 Å². The van der Waals surface area contributed by atoms with Crippen LogP contribution in [0.5, 0.6) is 0 Å². The van der Waals surface area contributed by atoms with E-state index in [1.807, 2.05) is 0 Å². The van der Waals surface area contributed by atoms with Crippen LogP contribution in [-0.2, 0) is 6.54 Å². The topological polar surface area (TPSA) is 79.2 Å². The molecular weight excluding hydrogens is 326 g/mol. The number of benzene rings is 1. The van der Waals surface area contributed by atoms with Crippen molar-refractivity contribution in [1.29, 1.82) is 0 Å². The lowest BCUT2D eigenvalue weighted by Gasteiger charge is -2.35. The van der Waals surface area contributed by atoms with Crippen molar-refractivity contribution in [3.63, 3.8) is 0 Å². The first-order valence-corrected chi connectivity index (χ1v) is 9.11.